The van der Waals surface area contributed by atoms with Gasteiger partial charge in [0.05, 0.1) is 17.6 Å². The van der Waals surface area contributed by atoms with Gasteiger partial charge in [0.25, 0.3) is 0 Å². The summed E-state index contributed by atoms with van der Waals surface area (Å²) in [5.74, 6) is 0.691. The summed E-state index contributed by atoms with van der Waals surface area (Å²) in [6.07, 6.45) is 0. The highest BCUT2D eigenvalue weighted by Gasteiger charge is 2.19. The Hall–Kier alpha value is -0.740. The molecule has 5 heteroatoms. The van der Waals surface area contributed by atoms with Gasteiger partial charge < -0.3 is 10.5 Å². The van der Waals surface area contributed by atoms with Crippen molar-refractivity contribution in [2.45, 2.75) is 13.0 Å². The molecule has 0 amide bonds. The molecular formula is C15H14BrCl2NO. The Morgan fingerprint density at radius 3 is 2.40 bits per heavy atom. The fourth-order valence-electron chi connectivity index (χ4n) is 2.18. The molecule has 20 heavy (non-hydrogen) atoms. The lowest BCUT2D eigenvalue weighted by atomic mass is 9.95. The Labute approximate surface area is 137 Å². The summed E-state index contributed by atoms with van der Waals surface area (Å²) in [6, 6.07) is 8.92. The summed E-state index contributed by atoms with van der Waals surface area (Å²) >= 11 is 15.5. The zero-order valence-electron chi connectivity index (χ0n) is 11.1. The van der Waals surface area contributed by atoms with Gasteiger partial charge in [0.1, 0.15) is 5.75 Å². The van der Waals surface area contributed by atoms with E-state index in [9.17, 15) is 0 Å². The van der Waals surface area contributed by atoms with Crippen LogP contribution < -0.4 is 10.5 Å². The van der Waals surface area contributed by atoms with Crippen molar-refractivity contribution in [3.63, 3.8) is 0 Å². The molecule has 0 saturated heterocycles. The number of hydrogen-bond donors (Lipinski definition) is 1. The van der Waals surface area contributed by atoms with Crippen molar-refractivity contribution >= 4 is 39.1 Å². The van der Waals surface area contributed by atoms with Crippen molar-refractivity contribution in [3.05, 3.63) is 61.5 Å². The van der Waals surface area contributed by atoms with Gasteiger partial charge in [-0.15, -0.1) is 0 Å². The summed E-state index contributed by atoms with van der Waals surface area (Å²) in [5.41, 5.74) is 9.23. The summed E-state index contributed by atoms with van der Waals surface area (Å²) in [4.78, 5) is 0. The molecule has 0 saturated carbocycles. The molecular weight excluding hydrogens is 361 g/mol. The Bertz CT molecular complexity index is 646. The molecule has 1 atom stereocenters. The van der Waals surface area contributed by atoms with Gasteiger partial charge >= 0.3 is 0 Å². The number of methoxy groups -OCH3 is 1. The zero-order valence-corrected chi connectivity index (χ0v) is 14.2. The van der Waals surface area contributed by atoms with Crippen LogP contribution in [0.15, 0.2) is 34.8 Å². The smallest absolute Gasteiger partial charge is 0.138 e. The van der Waals surface area contributed by atoms with Crippen LogP contribution in [0.2, 0.25) is 10.0 Å². The van der Waals surface area contributed by atoms with Crippen LogP contribution in [0.25, 0.3) is 0 Å². The lowest BCUT2D eigenvalue weighted by Gasteiger charge is -2.19. The first-order chi connectivity index (χ1) is 9.43. The number of aryl methyl sites for hydroxylation is 1. The zero-order chi connectivity index (χ0) is 14.9. The van der Waals surface area contributed by atoms with Crippen LogP contribution in [-0.2, 0) is 0 Å². The first-order valence-electron chi connectivity index (χ1n) is 5.98. The molecule has 0 radical (unpaired) electrons. The molecule has 0 heterocycles. The average Bonchev–Trinajstić information content (AvgIpc) is 2.37. The van der Waals surface area contributed by atoms with Gasteiger partial charge in [-0.3, -0.25) is 0 Å². The van der Waals surface area contributed by atoms with E-state index >= 15 is 0 Å². The third-order valence-electron chi connectivity index (χ3n) is 3.14. The van der Waals surface area contributed by atoms with Crippen molar-refractivity contribution in [1.29, 1.82) is 0 Å². The number of ether oxygens (including phenoxy) is 1. The first-order valence-corrected chi connectivity index (χ1v) is 7.53. The van der Waals surface area contributed by atoms with E-state index in [2.05, 4.69) is 15.9 Å². The van der Waals surface area contributed by atoms with Gasteiger partial charge in [-0.2, -0.15) is 0 Å². The molecule has 2 N–H and O–H groups in total. The van der Waals surface area contributed by atoms with Crippen LogP contribution in [0.4, 0.5) is 0 Å². The molecule has 2 rings (SSSR count). The van der Waals surface area contributed by atoms with E-state index < -0.39 is 0 Å². The van der Waals surface area contributed by atoms with E-state index in [-0.39, 0.29) is 6.04 Å². The Morgan fingerprint density at radius 2 is 1.80 bits per heavy atom. The van der Waals surface area contributed by atoms with Gasteiger partial charge in [-0.05, 0) is 58.2 Å². The standard InChI is InChI=1S/C15H14BrCl2NO/c1-8-5-9(17)3-4-11(8)14(19)12-6-10(18)7-13(16)15(12)20-2/h3-7,14H,19H2,1-2H3. The maximum absolute atomic E-state index is 6.38. The highest BCUT2D eigenvalue weighted by atomic mass is 79.9. The molecule has 0 aromatic heterocycles. The second-order valence-corrected chi connectivity index (χ2v) is 6.22. The first kappa shape index (κ1) is 15.6. The van der Waals surface area contributed by atoms with Gasteiger partial charge in [0.2, 0.25) is 0 Å². The van der Waals surface area contributed by atoms with E-state index in [0.717, 1.165) is 21.2 Å². The Morgan fingerprint density at radius 1 is 1.10 bits per heavy atom. The predicted octanol–water partition coefficient (Wildman–Crippen LogP) is 5.12. The van der Waals surface area contributed by atoms with Crippen LogP contribution in [0.3, 0.4) is 0 Å². The van der Waals surface area contributed by atoms with Gasteiger partial charge in [0, 0.05) is 15.6 Å². The molecule has 0 aliphatic carbocycles. The highest BCUT2D eigenvalue weighted by molar-refractivity contribution is 9.10. The second-order valence-electron chi connectivity index (χ2n) is 4.49. The topological polar surface area (TPSA) is 35.2 Å². The van der Waals surface area contributed by atoms with Crippen LogP contribution in [0.5, 0.6) is 5.75 Å². The van der Waals surface area contributed by atoms with Crippen LogP contribution in [-0.4, -0.2) is 7.11 Å². The number of halogens is 3. The number of hydrogen-bond acceptors (Lipinski definition) is 2. The molecule has 2 aromatic carbocycles. The van der Waals surface area contributed by atoms with Gasteiger partial charge in [-0.1, -0.05) is 29.3 Å². The molecule has 106 valence electrons. The predicted molar refractivity (Wildman–Crippen MR) is 87.9 cm³/mol. The fraction of sp³-hybridized carbons (Fsp3) is 0.200. The largest absolute Gasteiger partial charge is 0.495 e. The minimum absolute atomic E-state index is 0.336. The summed E-state index contributed by atoms with van der Waals surface area (Å²) in [5, 5.41) is 1.30. The molecule has 0 aliphatic heterocycles. The third kappa shape index (κ3) is 3.12. The monoisotopic (exact) mass is 373 g/mol. The van der Waals surface area contributed by atoms with Crippen molar-refractivity contribution in [2.75, 3.05) is 7.11 Å². The number of rotatable bonds is 3. The van der Waals surface area contributed by atoms with Gasteiger partial charge in [-0.25, -0.2) is 0 Å². The van der Waals surface area contributed by atoms with Crippen LogP contribution in [0.1, 0.15) is 22.7 Å². The quantitative estimate of drug-likeness (QED) is 0.808. The maximum atomic E-state index is 6.38. The Kier molecular flexibility index (Phi) is 4.97. The lowest BCUT2D eigenvalue weighted by Crippen LogP contribution is -2.14. The Balaban J connectivity index is 2.55. The van der Waals surface area contributed by atoms with E-state index in [4.69, 9.17) is 33.7 Å². The van der Waals surface area contributed by atoms with Crippen LogP contribution >= 0.6 is 39.1 Å². The SMILES string of the molecule is COc1c(Br)cc(Cl)cc1C(N)c1ccc(Cl)cc1C. The van der Waals surface area contributed by atoms with Crippen molar-refractivity contribution in [3.8, 4) is 5.75 Å². The fourth-order valence-corrected chi connectivity index (χ4v) is 3.40. The maximum Gasteiger partial charge on any atom is 0.138 e. The normalized spacial score (nSPS) is 12.3. The molecule has 0 fully saturated rings. The average molecular weight is 375 g/mol. The van der Waals surface area contributed by atoms with E-state index in [1.54, 1.807) is 13.2 Å². The van der Waals surface area contributed by atoms with Crippen molar-refractivity contribution < 1.29 is 4.74 Å². The van der Waals surface area contributed by atoms with Crippen molar-refractivity contribution in [1.82, 2.24) is 0 Å². The summed E-state index contributed by atoms with van der Waals surface area (Å²) in [7, 11) is 1.61. The minimum Gasteiger partial charge on any atom is -0.495 e. The van der Waals surface area contributed by atoms with E-state index in [0.29, 0.717) is 15.8 Å². The third-order valence-corrected chi connectivity index (χ3v) is 4.19. The summed E-state index contributed by atoms with van der Waals surface area (Å²) in [6.45, 7) is 1.98. The highest BCUT2D eigenvalue weighted by Crippen LogP contribution is 2.38. The molecule has 2 aromatic rings. The van der Waals surface area contributed by atoms with Crippen molar-refractivity contribution in [2.24, 2.45) is 5.73 Å². The van der Waals surface area contributed by atoms with Gasteiger partial charge in [0.15, 0.2) is 0 Å². The number of benzene rings is 2. The van der Waals surface area contributed by atoms with E-state index in [1.165, 1.54) is 0 Å². The number of nitrogens with two attached hydrogens (primary N) is 1. The van der Waals surface area contributed by atoms with Crippen LogP contribution in [0, 0.1) is 6.92 Å². The molecule has 2 nitrogen and oxygen atoms in total. The van der Waals surface area contributed by atoms with E-state index in [1.807, 2.05) is 31.2 Å². The minimum atomic E-state index is -0.336. The molecule has 0 bridgehead atoms. The lowest BCUT2D eigenvalue weighted by molar-refractivity contribution is 0.405. The molecule has 1 unspecified atom stereocenters. The summed E-state index contributed by atoms with van der Waals surface area (Å²) < 4.78 is 6.21. The molecule has 0 aliphatic rings. The molecule has 0 spiro atoms. The second kappa shape index (κ2) is 6.35.